The SMILES string of the molecule is Cc1ccc(C(=O)Nc2ccccc2CN)c(O)c1. The molecule has 0 unspecified atom stereocenters. The quantitative estimate of drug-likeness (QED) is 0.789. The molecule has 4 nitrogen and oxygen atoms in total. The van der Waals surface area contributed by atoms with Gasteiger partial charge in [-0.3, -0.25) is 4.79 Å². The van der Waals surface area contributed by atoms with Crippen molar-refractivity contribution in [3.63, 3.8) is 0 Å². The van der Waals surface area contributed by atoms with Gasteiger partial charge in [-0.05, 0) is 36.2 Å². The number of hydrogen-bond acceptors (Lipinski definition) is 3. The topological polar surface area (TPSA) is 75.4 Å². The summed E-state index contributed by atoms with van der Waals surface area (Å²) in [6, 6.07) is 12.3. The summed E-state index contributed by atoms with van der Waals surface area (Å²) in [4.78, 5) is 12.1. The minimum absolute atomic E-state index is 0.0253. The van der Waals surface area contributed by atoms with Crippen LogP contribution >= 0.6 is 0 Å². The zero-order valence-electron chi connectivity index (χ0n) is 10.7. The van der Waals surface area contributed by atoms with E-state index in [4.69, 9.17) is 5.73 Å². The van der Waals surface area contributed by atoms with Crippen LogP contribution in [0.5, 0.6) is 5.75 Å². The molecule has 0 saturated heterocycles. The van der Waals surface area contributed by atoms with E-state index >= 15 is 0 Å². The van der Waals surface area contributed by atoms with Gasteiger partial charge >= 0.3 is 0 Å². The van der Waals surface area contributed by atoms with E-state index in [1.165, 1.54) is 0 Å². The largest absolute Gasteiger partial charge is 0.507 e. The normalized spacial score (nSPS) is 10.2. The highest BCUT2D eigenvalue weighted by molar-refractivity contribution is 6.06. The number of nitrogens with two attached hydrogens (primary N) is 1. The molecule has 0 aliphatic carbocycles. The summed E-state index contributed by atoms with van der Waals surface area (Å²) in [5.74, 6) is -0.374. The van der Waals surface area contributed by atoms with Crippen molar-refractivity contribution in [2.45, 2.75) is 13.5 Å². The minimum atomic E-state index is -0.349. The lowest BCUT2D eigenvalue weighted by atomic mass is 10.1. The van der Waals surface area contributed by atoms with Crippen molar-refractivity contribution in [2.75, 3.05) is 5.32 Å². The van der Waals surface area contributed by atoms with E-state index in [1.54, 1.807) is 24.3 Å². The number of carbonyl (C=O) groups excluding carboxylic acids is 1. The summed E-state index contributed by atoms with van der Waals surface area (Å²) in [5.41, 5.74) is 8.27. The molecule has 0 radical (unpaired) electrons. The highest BCUT2D eigenvalue weighted by atomic mass is 16.3. The lowest BCUT2D eigenvalue weighted by molar-refractivity contribution is 0.102. The fraction of sp³-hybridized carbons (Fsp3) is 0.133. The third-order valence-corrected chi connectivity index (χ3v) is 2.88. The Labute approximate surface area is 111 Å². The predicted molar refractivity (Wildman–Crippen MR) is 75.1 cm³/mol. The molecule has 2 rings (SSSR count). The van der Waals surface area contributed by atoms with Gasteiger partial charge in [0.15, 0.2) is 0 Å². The Morgan fingerprint density at radius 3 is 2.68 bits per heavy atom. The number of rotatable bonds is 3. The Hall–Kier alpha value is -2.33. The Kier molecular flexibility index (Phi) is 3.82. The fourth-order valence-electron chi connectivity index (χ4n) is 1.84. The molecule has 0 fully saturated rings. The van der Waals surface area contributed by atoms with Crippen molar-refractivity contribution >= 4 is 11.6 Å². The molecule has 0 aliphatic heterocycles. The molecular weight excluding hydrogens is 240 g/mol. The van der Waals surface area contributed by atoms with Crippen LogP contribution in [-0.2, 0) is 6.54 Å². The molecule has 19 heavy (non-hydrogen) atoms. The number of carbonyl (C=O) groups is 1. The third-order valence-electron chi connectivity index (χ3n) is 2.88. The van der Waals surface area contributed by atoms with Crippen molar-refractivity contribution in [3.8, 4) is 5.75 Å². The van der Waals surface area contributed by atoms with Crippen molar-refractivity contribution in [3.05, 3.63) is 59.2 Å². The lowest BCUT2D eigenvalue weighted by Crippen LogP contribution is -2.14. The van der Waals surface area contributed by atoms with E-state index in [-0.39, 0.29) is 17.2 Å². The van der Waals surface area contributed by atoms with E-state index in [9.17, 15) is 9.90 Å². The van der Waals surface area contributed by atoms with Gasteiger partial charge in [-0.2, -0.15) is 0 Å². The van der Waals surface area contributed by atoms with Gasteiger partial charge in [-0.15, -0.1) is 0 Å². The summed E-state index contributed by atoms with van der Waals surface area (Å²) >= 11 is 0. The second-order valence-corrected chi connectivity index (χ2v) is 4.34. The molecule has 0 atom stereocenters. The number of phenols is 1. The molecule has 98 valence electrons. The number of para-hydroxylation sites is 1. The highest BCUT2D eigenvalue weighted by Gasteiger charge is 2.12. The number of benzene rings is 2. The summed E-state index contributed by atoms with van der Waals surface area (Å²) in [5, 5.41) is 12.5. The van der Waals surface area contributed by atoms with Crippen molar-refractivity contribution < 1.29 is 9.90 Å². The van der Waals surface area contributed by atoms with Crippen LogP contribution in [-0.4, -0.2) is 11.0 Å². The van der Waals surface area contributed by atoms with Crippen LogP contribution in [0.15, 0.2) is 42.5 Å². The van der Waals surface area contributed by atoms with Gasteiger partial charge in [-0.25, -0.2) is 0 Å². The molecule has 0 heterocycles. The highest BCUT2D eigenvalue weighted by Crippen LogP contribution is 2.21. The molecule has 1 amide bonds. The van der Waals surface area contributed by atoms with E-state index < -0.39 is 0 Å². The van der Waals surface area contributed by atoms with Crippen LogP contribution in [0.1, 0.15) is 21.5 Å². The van der Waals surface area contributed by atoms with Crippen LogP contribution in [0.25, 0.3) is 0 Å². The number of phenolic OH excluding ortho intramolecular Hbond substituents is 1. The number of aromatic hydroxyl groups is 1. The Morgan fingerprint density at radius 1 is 1.26 bits per heavy atom. The monoisotopic (exact) mass is 256 g/mol. The number of hydrogen-bond donors (Lipinski definition) is 3. The standard InChI is InChI=1S/C15H16N2O2/c1-10-6-7-12(14(18)8-10)15(19)17-13-5-3-2-4-11(13)9-16/h2-8,18H,9,16H2,1H3,(H,17,19). The molecule has 2 aromatic carbocycles. The molecule has 0 spiro atoms. The molecule has 0 aliphatic rings. The second-order valence-electron chi connectivity index (χ2n) is 4.34. The smallest absolute Gasteiger partial charge is 0.259 e. The molecule has 4 N–H and O–H groups in total. The number of amides is 1. The van der Waals surface area contributed by atoms with Crippen LogP contribution in [0.2, 0.25) is 0 Å². The van der Waals surface area contributed by atoms with E-state index in [2.05, 4.69) is 5.32 Å². The maximum atomic E-state index is 12.1. The molecule has 0 saturated carbocycles. The molecule has 4 heteroatoms. The number of aryl methyl sites for hydroxylation is 1. The van der Waals surface area contributed by atoms with Crippen LogP contribution < -0.4 is 11.1 Å². The second kappa shape index (κ2) is 5.54. The zero-order valence-corrected chi connectivity index (χ0v) is 10.7. The van der Waals surface area contributed by atoms with E-state index in [1.807, 2.05) is 25.1 Å². The molecule has 0 bridgehead atoms. The summed E-state index contributed by atoms with van der Waals surface area (Å²) < 4.78 is 0. The van der Waals surface area contributed by atoms with Crippen molar-refractivity contribution in [2.24, 2.45) is 5.73 Å². The fourth-order valence-corrected chi connectivity index (χ4v) is 1.84. The van der Waals surface area contributed by atoms with E-state index in [0.717, 1.165) is 11.1 Å². The van der Waals surface area contributed by atoms with Crippen molar-refractivity contribution in [1.29, 1.82) is 0 Å². The summed E-state index contributed by atoms with van der Waals surface area (Å²) in [7, 11) is 0. The van der Waals surface area contributed by atoms with Gasteiger partial charge < -0.3 is 16.2 Å². The van der Waals surface area contributed by atoms with Crippen LogP contribution in [0, 0.1) is 6.92 Å². The van der Waals surface area contributed by atoms with Gasteiger partial charge in [0.2, 0.25) is 0 Å². The van der Waals surface area contributed by atoms with E-state index in [0.29, 0.717) is 12.2 Å². The average Bonchev–Trinajstić information content (AvgIpc) is 2.39. The zero-order chi connectivity index (χ0) is 13.8. The van der Waals surface area contributed by atoms with Gasteiger partial charge in [0, 0.05) is 12.2 Å². The third kappa shape index (κ3) is 2.92. The first-order chi connectivity index (χ1) is 9.11. The Bertz CT molecular complexity index is 609. The minimum Gasteiger partial charge on any atom is -0.507 e. The summed E-state index contributed by atoms with van der Waals surface area (Å²) in [6.07, 6.45) is 0. The van der Waals surface area contributed by atoms with Crippen molar-refractivity contribution in [1.82, 2.24) is 0 Å². The Morgan fingerprint density at radius 2 is 2.00 bits per heavy atom. The van der Waals surface area contributed by atoms with Crippen LogP contribution in [0.3, 0.4) is 0 Å². The molecule has 2 aromatic rings. The number of anilines is 1. The van der Waals surface area contributed by atoms with Gasteiger partial charge in [-0.1, -0.05) is 24.3 Å². The first-order valence-corrected chi connectivity index (χ1v) is 6.00. The average molecular weight is 256 g/mol. The number of nitrogens with one attached hydrogen (secondary N) is 1. The maximum absolute atomic E-state index is 12.1. The maximum Gasteiger partial charge on any atom is 0.259 e. The van der Waals surface area contributed by atoms with Gasteiger partial charge in [0.05, 0.1) is 5.56 Å². The van der Waals surface area contributed by atoms with Gasteiger partial charge in [0.25, 0.3) is 5.91 Å². The van der Waals surface area contributed by atoms with Crippen LogP contribution in [0.4, 0.5) is 5.69 Å². The molecular formula is C15H16N2O2. The van der Waals surface area contributed by atoms with Gasteiger partial charge in [0.1, 0.15) is 5.75 Å². The Balaban J connectivity index is 2.26. The lowest BCUT2D eigenvalue weighted by Gasteiger charge is -2.10. The summed E-state index contributed by atoms with van der Waals surface area (Å²) in [6.45, 7) is 2.20. The predicted octanol–water partition coefficient (Wildman–Crippen LogP) is 2.41. The molecule has 0 aromatic heterocycles. The first-order valence-electron chi connectivity index (χ1n) is 6.00. The first kappa shape index (κ1) is 13.1.